The molecule has 1 aliphatic rings. The Morgan fingerprint density at radius 1 is 1.32 bits per heavy atom. The van der Waals surface area contributed by atoms with Crippen LogP contribution in [0.3, 0.4) is 0 Å². The summed E-state index contributed by atoms with van der Waals surface area (Å²) in [6, 6.07) is 6.62. The third-order valence-corrected chi connectivity index (χ3v) is 3.72. The third-order valence-electron chi connectivity index (χ3n) is 3.72. The van der Waals surface area contributed by atoms with E-state index in [4.69, 9.17) is 4.74 Å². The fourth-order valence-electron chi connectivity index (χ4n) is 2.74. The van der Waals surface area contributed by atoms with E-state index in [0.29, 0.717) is 6.04 Å². The summed E-state index contributed by atoms with van der Waals surface area (Å²) < 4.78 is 5.48. The molecule has 0 aliphatic carbocycles. The molecule has 2 aromatic rings. The Hall–Kier alpha value is -1.81. The fraction of sp³-hybridized carbons (Fsp3) is 0.400. The highest BCUT2D eigenvalue weighted by atomic mass is 16.5. The maximum Gasteiger partial charge on any atom is 0.126 e. The third kappa shape index (κ3) is 2.24. The van der Waals surface area contributed by atoms with Gasteiger partial charge in [0.1, 0.15) is 5.75 Å². The van der Waals surface area contributed by atoms with E-state index >= 15 is 0 Å². The molecule has 1 saturated heterocycles. The van der Waals surface area contributed by atoms with Gasteiger partial charge in [0.25, 0.3) is 0 Å². The largest absolute Gasteiger partial charge is 0.496 e. The molecule has 1 aromatic heterocycles. The molecule has 19 heavy (non-hydrogen) atoms. The lowest BCUT2D eigenvalue weighted by Crippen LogP contribution is -2.14. The predicted molar refractivity (Wildman–Crippen MR) is 75.3 cm³/mol. The van der Waals surface area contributed by atoms with Crippen LogP contribution >= 0.6 is 0 Å². The van der Waals surface area contributed by atoms with Crippen LogP contribution in [0.4, 0.5) is 0 Å². The van der Waals surface area contributed by atoms with E-state index < -0.39 is 0 Å². The van der Waals surface area contributed by atoms with Gasteiger partial charge in [0.15, 0.2) is 0 Å². The Labute approximate surface area is 113 Å². The van der Waals surface area contributed by atoms with Crippen LogP contribution < -0.4 is 10.1 Å². The molecule has 2 N–H and O–H groups in total. The lowest BCUT2D eigenvalue weighted by Gasteiger charge is -2.13. The van der Waals surface area contributed by atoms with Crippen LogP contribution in [0.5, 0.6) is 5.75 Å². The summed E-state index contributed by atoms with van der Waals surface area (Å²) in [5.41, 5.74) is 4.64. The standard InChI is InChI=1S/C15H19N3O/c1-10-5-6-14(19-2)11(8-10)12-9-17-18-15(12)13-4-3-7-16-13/h5-6,8-9,13,16H,3-4,7H2,1-2H3,(H,17,18). The second-order valence-electron chi connectivity index (χ2n) is 5.05. The van der Waals surface area contributed by atoms with E-state index in [9.17, 15) is 0 Å². The number of nitrogens with zero attached hydrogens (tertiary/aromatic N) is 1. The van der Waals surface area contributed by atoms with Gasteiger partial charge in [-0.15, -0.1) is 0 Å². The van der Waals surface area contributed by atoms with Gasteiger partial charge < -0.3 is 10.1 Å². The van der Waals surface area contributed by atoms with E-state index in [1.165, 1.54) is 17.7 Å². The number of hydrogen-bond donors (Lipinski definition) is 2. The zero-order chi connectivity index (χ0) is 13.2. The van der Waals surface area contributed by atoms with Crippen LogP contribution in [0.2, 0.25) is 0 Å². The second-order valence-corrected chi connectivity index (χ2v) is 5.05. The highest BCUT2D eigenvalue weighted by molar-refractivity contribution is 5.73. The summed E-state index contributed by atoms with van der Waals surface area (Å²) in [4.78, 5) is 0. The molecule has 100 valence electrons. The molecule has 1 fully saturated rings. The zero-order valence-electron chi connectivity index (χ0n) is 11.4. The van der Waals surface area contributed by atoms with Crippen LogP contribution in [-0.2, 0) is 0 Å². The molecule has 4 heteroatoms. The average Bonchev–Trinajstić information content (AvgIpc) is 3.09. The molecule has 2 heterocycles. The molecule has 1 atom stereocenters. The quantitative estimate of drug-likeness (QED) is 0.889. The predicted octanol–water partition coefficient (Wildman–Crippen LogP) is 2.82. The molecule has 0 spiro atoms. The van der Waals surface area contributed by atoms with Gasteiger partial charge in [-0.1, -0.05) is 11.6 Å². The first-order chi connectivity index (χ1) is 9.29. The summed E-state index contributed by atoms with van der Waals surface area (Å²) in [5.74, 6) is 0.895. The molecular weight excluding hydrogens is 238 g/mol. The molecule has 1 unspecified atom stereocenters. The number of hydrogen-bond acceptors (Lipinski definition) is 3. The Morgan fingerprint density at radius 3 is 2.95 bits per heavy atom. The summed E-state index contributed by atoms with van der Waals surface area (Å²) in [5, 5.41) is 10.9. The van der Waals surface area contributed by atoms with E-state index in [2.05, 4.69) is 34.6 Å². The highest BCUT2D eigenvalue weighted by Crippen LogP contribution is 2.36. The minimum absolute atomic E-state index is 0.378. The lowest BCUT2D eigenvalue weighted by atomic mass is 9.99. The van der Waals surface area contributed by atoms with Crippen LogP contribution in [0.25, 0.3) is 11.1 Å². The number of ether oxygens (including phenoxy) is 1. The number of H-pyrrole nitrogens is 1. The summed E-state index contributed by atoms with van der Waals surface area (Å²) >= 11 is 0. The average molecular weight is 257 g/mol. The number of aromatic amines is 1. The monoisotopic (exact) mass is 257 g/mol. The summed E-state index contributed by atoms with van der Waals surface area (Å²) in [6.45, 7) is 3.17. The SMILES string of the molecule is COc1ccc(C)cc1-c1cn[nH]c1C1CCCN1. The number of methoxy groups -OCH3 is 1. The topological polar surface area (TPSA) is 49.9 Å². The molecule has 0 amide bonds. The van der Waals surface area contributed by atoms with E-state index in [-0.39, 0.29) is 0 Å². The van der Waals surface area contributed by atoms with Crippen molar-refractivity contribution < 1.29 is 4.74 Å². The number of aryl methyl sites for hydroxylation is 1. The first-order valence-corrected chi connectivity index (χ1v) is 6.71. The van der Waals surface area contributed by atoms with Gasteiger partial charge in [-0.2, -0.15) is 5.10 Å². The van der Waals surface area contributed by atoms with E-state index in [1.54, 1.807) is 7.11 Å². The molecule has 0 saturated carbocycles. The van der Waals surface area contributed by atoms with Crippen molar-refractivity contribution in [1.82, 2.24) is 15.5 Å². The number of rotatable bonds is 3. The molecule has 0 bridgehead atoms. The maximum atomic E-state index is 5.48. The minimum Gasteiger partial charge on any atom is -0.496 e. The van der Waals surface area contributed by atoms with Gasteiger partial charge in [-0.05, 0) is 38.4 Å². The van der Waals surface area contributed by atoms with Crippen molar-refractivity contribution in [1.29, 1.82) is 0 Å². The van der Waals surface area contributed by atoms with E-state index in [0.717, 1.165) is 29.8 Å². The molecule has 1 aromatic carbocycles. The molecule has 1 aliphatic heterocycles. The van der Waals surface area contributed by atoms with Crippen molar-refractivity contribution in [2.24, 2.45) is 0 Å². The maximum absolute atomic E-state index is 5.48. The molecular formula is C15H19N3O. The Bertz CT molecular complexity index is 571. The van der Waals surface area contributed by atoms with Crippen molar-refractivity contribution in [2.45, 2.75) is 25.8 Å². The van der Waals surface area contributed by atoms with Crippen molar-refractivity contribution >= 4 is 0 Å². The van der Waals surface area contributed by atoms with Crippen molar-refractivity contribution in [3.8, 4) is 16.9 Å². The van der Waals surface area contributed by atoms with Crippen molar-refractivity contribution in [3.05, 3.63) is 35.7 Å². The molecule has 3 rings (SSSR count). The summed E-state index contributed by atoms with van der Waals surface area (Å²) in [6.07, 6.45) is 4.27. The Morgan fingerprint density at radius 2 is 2.21 bits per heavy atom. The number of aromatic nitrogens is 2. The van der Waals surface area contributed by atoms with Gasteiger partial charge in [0, 0.05) is 17.2 Å². The van der Waals surface area contributed by atoms with Gasteiger partial charge in [-0.3, -0.25) is 5.10 Å². The van der Waals surface area contributed by atoms with Crippen LogP contribution in [0.1, 0.15) is 30.1 Å². The number of benzene rings is 1. The van der Waals surface area contributed by atoms with Crippen molar-refractivity contribution in [2.75, 3.05) is 13.7 Å². The lowest BCUT2D eigenvalue weighted by molar-refractivity contribution is 0.416. The highest BCUT2D eigenvalue weighted by Gasteiger charge is 2.22. The smallest absolute Gasteiger partial charge is 0.126 e. The molecule has 0 radical (unpaired) electrons. The molecule has 4 nitrogen and oxygen atoms in total. The van der Waals surface area contributed by atoms with Gasteiger partial charge >= 0.3 is 0 Å². The zero-order valence-corrected chi connectivity index (χ0v) is 11.4. The first kappa shape index (κ1) is 12.2. The van der Waals surface area contributed by atoms with Gasteiger partial charge in [0.05, 0.1) is 19.0 Å². The van der Waals surface area contributed by atoms with Gasteiger partial charge in [-0.25, -0.2) is 0 Å². The van der Waals surface area contributed by atoms with Crippen molar-refractivity contribution in [3.63, 3.8) is 0 Å². The normalized spacial score (nSPS) is 18.7. The van der Waals surface area contributed by atoms with Crippen LogP contribution in [0, 0.1) is 6.92 Å². The van der Waals surface area contributed by atoms with E-state index in [1.807, 2.05) is 12.3 Å². The number of nitrogens with one attached hydrogen (secondary N) is 2. The Kier molecular flexibility index (Phi) is 3.25. The second kappa shape index (κ2) is 5.05. The van der Waals surface area contributed by atoms with Crippen LogP contribution in [-0.4, -0.2) is 23.9 Å². The van der Waals surface area contributed by atoms with Gasteiger partial charge in [0.2, 0.25) is 0 Å². The van der Waals surface area contributed by atoms with Crippen LogP contribution in [0.15, 0.2) is 24.4 Å². The summed E-state index contributed by atoms with van der Waals surface area (Å²) in [7, 11) is 1.71. The Balaban J connectivity index is 2.07. The minimum atomic E-state index is 0.378. The fourth-order valence-corrected chi connectivity index (χ4v) is 2.74. The first-order valence-electron chi connectivity index (χ1n) is 6.71.